The summed E-state index contributed by atoms with van der Waals surface area (Å²) in [7, 11) is 0. The van der Waals surface area contributed by atoms with E-state index in [4.69, 9.17) is 9.47 Å². The van der Waals surface area contributed by atoms with E-state index in [9.17, 15) is 24.3 Å². The van der Waals surface area contributed by atoms with Gasteiger partial charge in [0.2, 0.25) is 0 Å². The van der Waals surface area contributed by atoms with Gasteiger partial charge in [-0.1, -0.05) is 33.4 Å². The van der Waals surface area contributed by atoms with Crippen molar-refractivity contribution in [2.75, 3.05) is 0 Å². The summed E-state index contributed by atoms with van der Waals surface area (Å²) in [5.74, 6) is -4.48. The molecule has 5 unspecified atom stereocenters. The molecule has 0 spiro atoms. The number of carbonyl (C=O) groups is 4. The van der Waals surface area contributed by atoms with Crippen molar-refractivity contribution in [2.24, 2.45) is 17.8 Å². The van der Waals surface area contributed by atoms with Crippen LogP contribution in [0, 0.1) is 17.8 Å². The monoisotopic (exact) mass is 378 g/mol. The summed E-state index contributed by atoms with van der Waals surface area (Å²) in [4.78, 5) is 49.7. The van der Waals surface area contributed by atoms with E-state index in [1.165, 1.54) is 13.0 Å². The maximum atomic E-state index is 12.8. The topological polar surface area (TPSA) is 107 Å². The lowest BCUT2D eigenvalue weighted by atomic mass is 9.77. The van der Waals surface area contributed by atoms with E-state index >= 15 is 0 Å². The van der Waals surface area contributed by atoms with Crippen LogP contribution in [0.5, 0.6) is 0 Å². The Labute approximate surface area is 158 Å². The number of ether oxygens (including phenoxy) is 2. The third kappa shape index (κ3) is 3.74. The molecule has 0 aromatic carbocycles. The number of ketones is 2. The molecular weight excluding hydrogens is 352 g/mol. The second-order valence-electron chi connectivity index (χ2n) is 7.59. The molecule has 7 heteroatoms. The highest BCUT2D eigenvalue weighted by Gasteiger charge is 2.62. The van der Waals surface area contributed by atoms with Gasteiger partial charge < -0.3 is 14.6 Å². The fraction of sp³-hybridized carbons (Fsp3) is 0.600. The van der Waals surface area contributed by atoms with Crippen molar-refractivity contribution >= 4 is 23.5 Å². The summed E-state index contributed by atoms with van der Waals surface area (Å²) in [5, 5.41) is 11.3. The molecular formula is C20H26O7. The average molecular weight is 378 g/mol. The number of rotatable bonds is 5. The Balaban J connectivity index is 2.56. The van der Waals surface area contributed by atoms with Crippen molar-refractivity contribution in [2.45, 2.75) is 58.3 Å². The Kier molecular flexibility index (Phi) is 6.04. The molecule has 1 aliphatic carbocycles. The van der Waals surface area contributed by atoms with Crippen molar-refractivity contribution in [1.82, 2.24) is 0 Å². The van der Waals surface area contributed by atoms with E-state index < -0.39 is 53.1 Å². The molecule has 2 aliphatic rings. The van der Waals surface area contributed by atoms with E-state index in [0.717, 1.165) is 6.08 Å². The van der Waals surface area contributed by atoms with Gasteiger partial charge in [0.1, 0.15) is 11.9 Å². The molecule has 0 radical (unpaired) electrons. The van der Waals surface area contributed by atoms with E-state index in [-0.39, 0.29) is 24.3 Å². The summed E-state index contributed by atoms with van der Waals surface area (Å²) in [6.07, 6.45) is -0.166. The Hall–Kier alpha value is -2.28. The number of Topliss-reactive ketones (excluding diaryl/α,β-unsaturated/α-hetero) is 1. The van der Waals surface area contributed by atoms with Crippen LogP contribution in [-0.4, -0.2) is 46.4 Å². The first-order valence-corrected chi connectivity index (χ1v) is 9.05. The van der Waals surface area contributed by atoms with Crippen molar-refractivity contribution in [1.29, 1.82) is 0 Å². The Bertz CT molecular complexity index is 705. The number of hydrogen-bond acceptors (Lipinski definition) is 7. The molecule has 5 atom stereocenters. The van der Waals surface area contributed by atoms with Gasteiger partial charge in [-0.15, -0.1) is 0 Å². The van der Waals surface area contributed by atoms with Crippen molar-refractivity contribution in [3.05, 3.63) is 24.3 Å². The van der Waals surface area contributed by atoms with Crippen LogP contribution in [0.25, 0.3) is 0 Å². The van der Waals surface area contributed by atoms with Gasteiger partial charge in [-0.3, -0.25) is 14.4 Å². The summed E-state index contributed by atoms with van der Waals surface area (Å²) in [6.45, 7) is 10.3. The minimum absolute atomic E-state index is 0.0152. The van der Waals surface area contributed by atoms with Crippen molar-refractivity contribution < 1.29 is 33.8 Å². The highest BCUT2D eigenvalue weighted by atomic mass is 16.6. The molecule has 2 fully saturated rings. The molecule has 0 amide bonds. The van der Waals surface area contributed by atoms with E-state index in [1.807, 2.05) is 13.8 Å². The largest absolute Gasteiger partial charge is 0.455 e. The molecule has 1 saturated carbocycles. The number of hydrogen-bond donors (Lipinski definition) is 1. The Morgan fingerprint density at radius 2 is 2.04 bits per heavy atom. The van der Waals surface area contributed by atoms with Crippen LogP contribution < -0.4 is 0 Å². The lowest BCUT2D eigenvalue weighted by Crippen LogP contribution is -2.60. The lowest BCUT2D eigenvalue weighted by Gasteiger charge is -2.38. The van der Waals surface area contributed by atoms with Gasteiger partial charge in [0.05, 0.1) is 5.92 Å². The molecule has 148 valence electrons. The van der Waals surface area contributed by atoms with Gasteiger partial charge in [-0.2, -0.15) is 0 Å². The zero-order chi connectivity index (χ0) is 20.5. The highest BCUT2D eigenvalue weighted by Crippen LogP contribution is 2.43. The number of fused-ring (bicyclic) bond motifs is 1. The van der Waals surface area contributed by atoms with Crippen LogP contribution >= 0.6 is 0 Å². The first kappa shape index (κ1) is 21.0. The first-order valence-electron chi connectivity index (χ1n) is 9.05. The summed E-state index contributed by atoms with van der Waals surface area (Å²) in [5.41, 5.74) is -2.26. The standard InChI is InChI=1S/C20H26O7/c1-6-7-15(22)20(25)12(5)14(21)9-13-11(4)19(24)27-17(13)18(20)26-16(23)8-10(2)3/h6-7,10,12-13,17-18,25H,4,8-9H2,1-3,5H3. The molecule has 1 heterocycles. The smallest absolute Gasteiger partial charge is 0.334 e. The zero-order valence-corrected chi connectivity index (χ0v) is 16.1. The molecule has 27 heavy (non-hydrogen) atoms. The van der Waals surface area contributed by atoms with Gasteiger partial charge in [-0.05, 0) is 18.9 Å². The van der Waals surface area contributed by atoms with Crippen LogP contribution in [0.2, 0.25) is 0 Å². The third-order valence-electron chi connectivity index (χ3n) is 5.19. The van der Waals surface area contributed by atoms with Gasteiger partial charge in [0.15, 0.2) is 17.5 Å². The number of carbonyl (C=O) groups excluding carboxylic acids is 4. The Morgan fingerprint density at radius 1 is 1.41 bits per heavy atom. The van der Waals surface area contributed by atoms with Crippen LogP contribution in [0.3, 0.4) is 0 Å². The summed E-state index contributed by atoms with van der Waals surface area (Å²) < 4.78 is 10.8. The predicted octanol–water partition coefficient (Wildman–Crippen LogP) is 1.53. The zero-order valence-electron chi connectivity index (χ0n) is 16.1. The molecule has 2 rings (SSSR count). The van der Waals surface area contributed by atoms with Gasteiger partial charge in [0.25, 0.3) is 0 Å². The molecule has 1 saturated heterocycles. The van der Waals surface area contributed by atoms with Crippen LogP contribution in [0.15, 0.2) is 24.3 Å². The van der Waals surface area contributed by atoms with Gasteiger partial charge >= 0.3 is 11.9 Å². The SMILES string of the molecule is C=C1C(=O)OC2C1CC(=O)C(C)C(O)(C(=O)C=CC)C2OC(=O)CC(C)C. The third-order valence-corrected chi connectivity index (χ3v) is 5.19. The number of allylic oxidation sites excluding steroid dienone is 1. The quantitative estimate of drug-likeness (QED) is 0.571. The molecule has 1 N–H and O–H groups in total. The van der Waals surface area contributed by atoms with Crippen molar-refractivity contribution in [3.8, 4) is 0 Å². The highest BCUT2D eigenvalue weighted by molar-refractivity contribution is 6.03. The number of esters is 2. The van der Waals surface area contributed by atoms with Crippen LogP contribution in [0.1, 0.15) is 40.5 Å². The second-order valence-corrected chi connectivity index (χ2v) is 7.59. The normalized spacial score (nSPS) is 33.8. The minimum Gasteiger partial charge on any atom is -0.455 e. The summed E-state index contributed by atoms with van der Waals surface area (Å²) >= 11 is 0. The molecule has 1 aliphatic heterocycles. The van der Waals surface area contributed by atoms with E-state index in [0.29, 0.717) is 0 Å². The van der Waals surface area contributed by atoms with E-state index in [1.54, 1.807) is 6.92 Å². The molecule has 7 nitrogen and oxygen atoms in total. The first-order chi connectivity index (χ1) is 12.5. The lowest BCUT2D eigenvalue weighted by molar-refractivity contribution is -0.195. The molecule has 0 aromatic heterocycles. The van der Waals surface area contributed by atoms with Gasteiger partial charge in [0, 0.05) is 24.3 Å². The average Bonchev–Trinajstić information content (AvgIpc) is 2.82. The van der Waals surface area contributed by atoms with Gasteiger partial charge in [-0.25, -0.2) is 4.79 Å². The fourth-order valence-electron chi connectivity index (χ4n) is 3.60. The maximum Gasteiger partial charge on any atom is 0.334 e. The minimum atomic E-state index is -2.33. The number of aliphatic hydroxyl groups is 1. The van der Waals surface area contributed by atoms with Crippen molar-refractivity contribution in [3.63, 3.8) is 0 Å². The maximum absolute atomic E-state index is 12.8. The van der Waals surface area contributed by atoms with E-state index in [2.05, 4.69) is 6.58 Å². The van der Waals surface area contributed by atoms with Crippen LogP contribution in [-0.2, 0) is 28.7 Å². The predicted molar refractivity (Wildman–Crippen MR) is 95.4 cm³/mol. The Morgan fingerprint density at radius 3 is 2.59 bits per heavy atom. The second kappa shape index (κ2) is 7.76. The molecule has 0 aromatic rings. The molecule has 0 bridgehead atoms. The fourth-order valence-corrected chi connectivity index (χ4v) is 3.60. The summed E-state index contributed by atoms with van der Waals surface area (Å²) in [6, 6.07) is 0. The van der Waals surface area contributed by atoms with Crippen LogP contribution in [0.4, 0.5) is 0 Å².